The van der Waals surface area contributed by atoms with E-state index in [4.69, 9.17) is 16.0 Å². The molecule has 0 unspecified atom stereocenters. The molecule has 0 amide bonds. The summed E-state index contributed by atoms with van der Waals surface area (Å²) in [5, 5.41) is 7.22. The van der Waals surface area contributed by atoms with Gasteiger partial charge in [0, 0.05) is 26.7 Å². The average molecular weight is 288 g/mol. The molecular formula is C17H18ClNO. The van der Waals surface area contributed by atoms with Gasteiger partial charge in [-0.3, -0.25) is 0 Å². The van der Waals surface area contributed by atoms with Crippen LogP contribution in [0.1, 0.15) is 31.1 Å². The summed E-state index contributed by atoms with van der Waals surface area (Å²) in [6.45, 7) is 5.10. The molecule has 0 radical (unpaired) electrons. The fraction of sp³-hybridized carbons (Fsp3) is 0.294. The fourth-order valence-electron chi connectivity index (χ4n) is 2.87. The first kappa shape index (κ1) is 13.5. The SMILES string of the molecule is CNCc1oc2c(cc(Cl)c3ccccc32)c1C(C)C. The zero-order chi connectivity index (χ0) is 14.3. The number of furan rings is 1. The first-order chi connectivity index (χ1) is 9.63. The zero-order valence-electron chi connectivity index (χ0n) is 12.0. The van der Waals surface area contributed by atoms with Crippen molar-refractivity contribution in [3.63, 3.8) is 0 Å². The number of benzene rings is 2. The Kier molecular flexibility index (Phi) is 3.45. The molecule has 3 heteroatoms. The molecule has 0 aliphatic heterocycles. The molecule has 3 rings (SSSR count). The van der Waals surface area contributed by atoms with Crippen LogP contribution in [0.25, 0.3) is 21.7 Å². The van der Waals surface area contributed by atoms with Gasteiger partial charge in [0.2, 0.25) is 0 Å². The van der Waals surface area contributed by atoms with E-state index < -0.39 is 0 Å². The Balaban J connectivity index is 2.44. The van der Waals surface area contributed by atoms with Gasteiger partial charge in [-0.05, 0) is 19.0 Å². The highest BCUT2D eigenvalue weighted by Crippen LogP contribution is 2.39. The normalized spacial score (nSPS) is 11.8. The number of rotatable bonds is 3. The largest absolute Gasteiger partial charge is 0.459 e. The molecule has 0 saturated heterocycles. The number of fused-ring (bicyclic) bond motifs is 3. The quantitative estimate of drug-likeness (QED) is 0.726. The van der Waals surface area contributed by atoms with E-state index >= 15 is 0 Å². The number of hydrogen-bond donors (Lipinski definition) is 1. The molecule has 0 aliphatic carbocycles. The van der Waals surface area contributed by atoms with Crippen LogP contribution in [-0.4, -0.2) is 7.05 Å². The van der Waals surface area contributed by atoms with Crippen molar-refractivity contribution in [1.29, 1.82) is 0 Å². The lowest BCUT2D eigenvalue weighted by atomic mass is 9.97. The molecule has 0 saturated carbocycles. The van der Waals surface area contributed by atoms with Crippen LogP contribution in [-0.2, 0) is 6.54 Å². The molecule has 20 heavy (non-hydrogen) atoms. The van der Waals surface area contributed by atoms with Gasteiger partial charge in [0.25, 0.3) is 0 Å². The molecule has 1 aromatic heterocycles. The third-order valence-corrected chi connectivity index (χ3v) is 3.99. The van der Waals surface area contributed by atoms with Crippen LogP contribution >= 0.6 is 11.6 Å². The lowest BCUT2D eigenvalue weighted by Gasteiger charge is -2.06. The topological polar surface area (TPSA) is 25.2 Å². The Morgan fingerprint density at radius 2 is 1.85 bits per heavy atom. The van der Waals surface area contributed by atoms with E-state index in [9.17, 15) is 0 Å². The zero-order valence-corrected chi connectivity index (χ0v) is 12.7. The molecule has 1 heterocycles. The van der Waals surface area contributed by atoms with Gasteiger partial charge >= 0.3 is 0 Å². The van der Waals surface area contributed by atoms with Crippen LogP contribution in [0, 0.1) is 0 Å². The van der Waals surface area contributed by atoms with Crippen molar-refractivity contribution in [2.24, 2.45) is 0 Å². The van der Waals surface area contributed by atoms with E-state index in [0.717, 1.165) is 39.1 Å². The molecule has 0 spiro atoms. The van der Waals surface area contributed by atoms with Crippen molar-refractivity contribution in [3.05, 3.63) is 46.7 Å². The van der Waals surface area contributed by atoms with Gasteiger partial charge in [-0.15, -0.1) is 0 Å². The van der Waals surface area contributed by atoms with E-state index in [-0.39, 0.29) is 0 Å². The summed E-state index contributed by atoms with van der Waals surface area (Å²) in [6, 6.07) is 10.2. The fourth-order valence-corrected chi connectivity index (χ4v) is 3.14. The van der Waals surface area contributed by atoms with Gasteiger partial charge < -0.3 is 9.73 Å². The van der Waals surface area contributed by atoms with Crippen molar-refractivity contribution < 1.29 is 4.42 Å². The van der Waals surface area contributed by atoms with Crippen molar-refractivity contribution in [2.45, 2.75) is 26.3 Å². The summed E-state index contributed by atoms with van der Waals surface area (Å²) in [5.74, 6) is 1.40. The van der Waals surface area contributed by atoms with Crippen molar-refractivity contribution >= 4 is 33.3 Å². The third kappa shape index (κ3) is 2.00. The predicted molar refractivity (Wildman–Crippen MR) is 85.6 cm³/mol. The maximum atomic E-state index is 6.44. The smallest absolute Gasteiger partial charge is 0.142 e. The van der Waals surface area contributed by atoms with Crippen LogP contribution in [0.15, 0.2) is 34.7 Å². The van der Waals surface area contributed by atoms with Gasteiger partial charge in [0.15, 0.2) is 0 Å². The summed E-state index contributed by atoms with van der Waals surface area (Å²) in [7, 11) is 1.93. The Morgan fingerprint density at radius 1 is 1.15 bits per heavy atom. The minimum atomic E-state index is 0.400. The highest BCUT2D eigenvalue weighted by atomic mass is 35.5. The molecule has 0 aliphatic rings. The maximum Gasteiger partial charge on any atom is 0.142 e. The molecule has 2 nitrogen and oxygen atoms in total. The number of halogens is 1. The van der Waals surface area contributed by atoms with Crippen LogP contribution < -0.4 is 5.32 Å². The van der Waals surface area contributed by atoms with Crippen LogP contribution in [0.5, 0.6) is 0 Å². The summed E-state index contributed by atoms with van der Waals surface area (Å²) >= 11 is 6.44. The molecule has 2 aromatic carbocycles. The van der Waals surface area contributed by atoms with E-state index in [1.807, 2.05) is 31.3 Å². The number of nitrogens with one attached hydrogen (secondary N) is 1. The molecule has 0 bridgehead atoms. The van der Waals surface area contributed by atoms with Gasteiger partial charge in [0.1, 0.15) is 11.3 Å². The summed E-state index contributed by atoms with van der Waals surface area (Å²) < 4.78 is 6.15. The van der Waals surface area contributed by atoms with E-state index in [1.54, 1.807) is 0 Å². The maximum absolute atomic E-state index is 6.44. The van der Waals surface area contributed by atoms with Gasteiger partial charge in [-0.1, -0.05) is 49.7 Å². The van der Waals surface area contributed by atoms with Crippen molar-refractivity contribution in [1.82, 2.24) is 5.32 Å². The monoisotopic (exact) mass is 287 g/mol. The second-order valence-corrected chi connectivity index (χ2v) is 5.81. The summed E-state index contributed by atoms with van der Waals surface area (Å²) in [6.07, 6.45) is 0. The average Bonchev–Trinajstić information content (AvgIpc) is 2.78. The Morgan fingerprint density at radius 3 is 2.50 bits per heavy atom. The van der Waals surface area contributed by atoms with Gasteiger partial charge in [0.05, 0.1) is 6.54 Å². The summed E-state index contributed by atoms with van der Waals surface area (Å²) in [5.41, 5.74) is 2.20. The Hall–Kier alpha value is -1.51. The molecule has 1 N–H and O–H groups in total. The first-order valence-electron chi connectivity index (χ1n) is 6.90. The lowest BCUT2D eigenvalue weighted by molar-refractivity contribution is 0.522. The second kappa shape index (κ2) is 5.12. The molecular weight excluding hydrogens is 270 g/mol. The third-order valence-electron chi connectivity index (χ3n) is 3.68. The molecule has 0 fully saturated rings. The first-order valence-corrected chi connectivity index (χ1v) is 7.28. The lowest BCUT2D eigenvalue weighted by Crippen LogP contribution is -2.06. The minimum absolute atomic E-state index is 0.400. The molecule has 0 atom stereocenters. The standard InChI is InChI=1S/C17H18ClNO/c1-10(2)16-13-8-14(18)11-6-4-5-7-12(11)17(13)20-15(16)9-19-3/h4-8,10,19H,9H2,1-3H3. The summed E-state index contributed by atoms with van der Waals surface area (Å²) in [4.78, 5) is 0. The molecule has 3 aromatic rings. The highest BCUT2D eigenvalue weighted by molar-refractivity contribution is 6.37. The predicted octanol–water partition coefficient (Wildman–Crippen LogP) is 5.08. The Bertz CT molecular complexity index is 773. The highest BCUT2D eigenvalue weighted by Gasteiger charge is 2.19. The minimum Gasteiger partial charge on any atom is -0.459 e. The van der Waals surface area contributed by atoms with Crippen LogP contribution in [0.2, 0.25) is 5.02 Å². The van der Waals surface area contributed by atoms with Crippen molar-refractivity contribution in [3.8, 4) is 0 Å². The second-order valence-electron chi connectivity index (χ2n) is 5.40. The van der Waals surface area contributed by atoms with Crippen LogP contribution in [0.3, 0.4) is 0 Å². The van der Waals surface area contributed by atoms with E-state index in [0.29, 0.717) is 5.92 Å². The molecule has 104 valence electrons. The van der Waals surface area contributed by atoms with E-state index in [2.05, 4.69) is 25.2 Å². The van der Waals surface area contributed by atoms with Gasteiger partial charge in [-0.2, -0.15) is 0 Å². The van der Waals surface area contributed by atoms with Gasteiger partial charge in [-0.25, -0.2) is 0 Å². The Labute approximate surface area is 123 Å². The van der Waals surface area contributed by atoms with E-state index in [1.165, 1.54) is 5.56 Å². The van der Waals surface area contributed by atoms with Crippen LogP contribution in [0.4, 0.5) is 0 Å². The number of hydrogen-bond acceptors (Lipinski definition) is 2. The van der Waals surface area contributed by atoms with Crippen molar-refractivity contribution in [2.75, 3.05) is 7.05 Å².